The highest BCUT2D eigenvalue weighted by atomic mass is 19.4. The summed E-state index contributed by atoms with van der Waals surface area (Å²) in [7, 11) is 0. The summed E-state index contributed by atoms with van der Waals surface area (Å²) in [4.78, 5) is 11.1. The molecule has 0 spiro atoms. The van der Waals surface area contributed by atoms with Crippen molar-refractivity contribution in [1.29, 1.82) is 5.26 Å². The average Bonchev–Trinajstić information content (AvgIpc) is 3.01. The van der Waals surface area contributed by atoms with Crippen LogP contribution in [0.2, 0.25) is 0 Å². The van der Waals surface area contributed by atoms with Crippen LogP contribution in [0.4, 0.5) is 13.2 Å². The van der Waals surface area contributed by atoms with Crippen molar-refractivity contribution in [3.63, 3.8) is 0 Å². The zero-order chi connectivity index (χ0) is 21.2. The van der Waals surface area contributed by atoms with E-state index in [1.54, 1.807) is 31.3 Å². The van der Waals surface area contributed by atoms with E-state index in [0.717, 1.165) is 23.0 Å². The Morgan fingerprint density at radius 3 is 2.62 bits per heavy atom. The molecule has 0 atom stereocenters. The zero-order valence-corrected chi connectivity index (χ0v) is 15.5. The summed E-state index contributed by atoms with van der Waals surface area (Å²) in [6, 6.07) is 12.9. The van der Waals surface area contributed by atoms with Crippen molar-refractivity contribution in [1.82, 2.24) is 4.57 Å². The van der Waals surface area contributed by atoms with Gasteiger partial charge in [-0.1, -0.05) is 29.8 Å². The molecule has 1 heterocycles. The van der Waals surface area contributed by atoms with Crippen LogP contribution in [0.15, 0.2) is 54.2 Å². The molecular formula is C22H17F3N2O2. The number of nitriles is 1. The Bertz CT molecular complexity index is 1150. The first-order valence-corrected chi connectivity index (χ1v) is 8.80. The summed E-state index contributed by atoms with van der Waals surface area (Å²) < 4.78 is 41.0. The van der Waals surface area contributed by atoms with Crippen LogP contribution in [0.3, 0.4) is 0 Å². The maximum atomic E-state index is 13.1. The minimum atomic E-state index is -4.40. The molecule has 2 aromatic carbocycles. The maximum absolute atomic E-state index is 13.1. The molecule has 0 unspecified atom stereocenters. The van der Waals surface area contributed by atoms with Gasteiger partial charge in [-0.25, -0.2) is 4.79 Å². The van der Waals surface area contributed by atoms with Gasteiger partial charge in [0.2, 0.25) is 0 Å². The van der Waals surface area contributed by atoms with Crippen LogP contribution in [0.25, 0.3) is 17.0 Å². The molecule has 1 aromatic heterocycles. The third kappa shape index (κ3) is 4.49. The molecule has 148 valence electrons. The molecule has 29 heavy (non-hydrogen) atoms. The molecule has 1 N–H and O–H groups in total. The molecule has 0 aliphatic carbocycles. The Balaban J connectivity index is 1.95. The van der Waals surface area contributed by atoms with E-state index in [-0.39, 0.29) is 5.57 Å². The summed E-state index contributed by atoms with van der Waals surface area (Å²) in [5.41, 5.74) is 1.42. The molecule has 0 saturated heterocycles. The average molecular weight is 398 g/mol. The van der Waals surface area contributed by atoms with Gasteiger partial charge in [0.25, 0.3) is 0 Å². The van der Waals surface area contributed by atoms with Crippen LogP contribution in [0, 0.1) is 18.3 Å². The lowest BCUT2D eigenvalue weighted by atomic mass is 10.0. The SMILES string of the molecule is Cc1cc(CCn2cc(/C=C(\C#N)C(=O)O)c3ccccc32)cc(C(F)(F)F)c1. The number of carboxylic acid groups (broad SMARTS) is 1. The lowest BCUT2D eigenvalue weighted by Crippen LogP contribution is -2.07. The van der Waals surface area contributed by atoms with Crippen LogP contribution in [0.5, 0.6) is 0 Å². The van der Waals surface area contributed by atoms with Crippen LogP contribution >= 0.6 is 0 Å². The minimum absolute atomic E-state index is 0.372. The lowest BCUT2D eigenvalue weighted by Gasteiger charge is -2.11. The minimum Gasteiger partial charge on any atom is -0.477 e. The van der Waals surface area contributed by atoms with E-state index in [9.17, 15) is 18.0 Å². The highest BCUT2D eigenvalue weighted by Crippen LogP contribution is 2.31. The fraction of sp³-hybridized carbons (Fsp3) is 0.182. The summed E-state index contributed by atoms with van der Waals surface area (Å²) in [5, 5.41) is 18.9. The number of alkyl halides is 3. The van der Waals surface area contributed by atoms with Gasteiger partial charge in [0.05, 0.1) is 5.56 Å². The van der Waals surface area contributed by atoms with E-state index in [1.807, 2.05) is 22.8 Å². The predicted molar refractivity (Wildman–Crippen MR) is 103 cm³/mol. The van der Waals surface area contributed by atoms with Crippen LogP contribution in [0.1, 0.15) is 22.3 Å². The quantitative estimate of drug-likeness (QED) is 0.474. The van der Waals surface area contributed by atoms with Gasteiger partial charge in [-0.3, -0.25) is 0 Å². The molecule has 0 fully saturated rings. The van der Waals surface area contributed by atoms with E-state index in [4.69, 9.17) is 10.4 Å². The number of fused-ring (bicyclic) bond motifs is 1. The number of halogens is 3. The Morgan fingerprint density at radius 2 is 1.97 bits per heavy atom. The number of aliphatic carboxylic acids is 1. The van der Waals surface area contributed by atoms with Gasteiger partial charge in [0.15, 0.2) is 0 Å². The molecule has 0 aliphatic heterocycles. The first kappa shape index (κ1) is 20.2. The fourth-order valence-electron chi connectivity index (χ4n) is 3.29. The number of aryl methyl sites for hydroxylation is 3. The number of carbonyl (C=O) groups is 1. The Labute approximate surface area is 165 Å². The molecular weight excluding hydrogens is 381 g/mol. The topological polar surface area (TPSA) is 66.0 Å². The van der Waals surface area contributed by atoms with Gasteiger partial charge in [0, 0.05) is 29.2 Å². The van der Waals surface area contributed by atoms with Gasteiger partial charge in [0.1, 0.15) is 11.6 Å². The zero-order valence-electron chi connectivity index (χ0n) is 15.5. The fourth-order valence-corrected chi connectivity index (χ4v) is 3.29. The number of hydrogen-bond acceptors (Lipinski definition) is 2. The normalized spacial score (nSPS) is 12.2. The second-order valence-corrected chi connectivity index (χ2v) is 6.72. The van der Waals surface area contributed by atoms with Gasteiger partial charge >= 0.3 is 12.1 Å². The molecule has 0 aliphatic rings. The van der Waals surface area contributed by atoms with E-state index in [0.29, 0.717) is 29.7 Å². The Morgan fingerprint density at radius 1 is 1.24 bits per heavy atom. The van der Waals surface area contributed by atoms with Crippen LogP contribution in [-0.2, 0) is 23.9 Å². The van der Waals surface area contributed by atoms with E-state index in [1.165, 1.54) is 6.08 Å². The number of rotatable bonds is 5. The largest absolute Gasteiger partial charge is 0.477 e. The maximum Gasteiger partial charge on any atom is 0.416 e. The Kier molecular flexibility index (Phi) is 5.46. The number of nitrogens with zero attached hydrogens (tertiary/aromatic N) is 2. The second-order valence-electron chi connectivity index (χ2n) is 6.72. The number of hydrogen-bond donors (Lipinski definition) is 1. The number of carboxylic acids is 1. The van der Waals surface area contributed by atoms with Crippen molar-refractivity contribution in [2.75, 3.05) is 0 Å². The highest BCUT2D eigenvalue weighted by molar-refractivity contribution is 6.00. The first-order chi connectivity index (χ1) is 13.7. The van der Waals surface area contributed by atoms with Crippen LogP contribution in [-0.4, -0.2) is 15.6 Å². The summed E-state index contributed by atoms with van der Waals surface area (Å²) in [6.07, 6.45) is -1.01. The smallest absolute Gasteiger partial charge is 0.416 e. The number of benzene rings is 2. The van der Waals surface area contributed by atoms with Gasteiger partial charge in [-0.05, 0) is 43.2 Å². The van der Waals surface area contributed by atoms with Crippen molar-refractivity contribution < 1.29 is 23.1 Å². The third-order valence-electron chi connectivity index (χ3n) is 4.58. The number of para-hydroxylation sites is 1. The lowest BCUT2D eigenvalue weighted by molar-refractivity contribution is -0.137. The van der Waals surface area contributed by atoms with Crippen molar-refractivity contribution in [3.05, 3.63) is 76.5 Å². The predicted octanol–water partition coefficient (Wildman–Crippen LogP) is 5.20. The molecule has 0 saturated carbocycles. The molecule has 0 bridgehead atoms. The van der Waals surface area contributed by atoms with Gasteiger partial charge in [-0.15, -0.1) is 0 Å². The summed E-state index contributed by atoms with van der Waals surface area (Å²) in [6.45, 7) is 2.03. The third-order valence-corrected chi connectivity index (χ3v) is 4.58. The summed E-state index contributed by atoms with van der Waals surface area (Å²) >= 11 is 0. The first-order valence-electron chi connectivity index (χ1n) is 8.80. The molecule has 4 nitrogen and oxygen atoms in total. The second kappa shape index (κ2) is 7.84. The van der Waals surface area contributed by atoms with Crippen molar-refractivity contribution in [3.8, 4) is 6.07 Å². The molecule has 0 amide bonds. The molecule has 7 heteroatoms. The van der Waals surface area contributed by atoms with Gasteiger partial charge < -0.3 is 9.67 Å². The van der Waals surface area contributed by atoms with Crippen molar-refractivity contribution in [2.45, 2.75) is 26.1 Å². The molecule has 3 rings (SSSR count). The molecule has 0 radical (unpaired) electrons. The summed E-state index contributed by atoms with van der Waals surface area (Å²) in [5.74, 6) is -1.32. The van der Waals surface area contributed by atoms with E-state index >= 15 is 0 Å². The molecule has 3 aromatic rings. The monoisotopic (exact) mass is 398 g/mol. The van der Waals surface area contributed by atoms with Crippen molar-refractivity contribution in [2.24, 2.45) is 0 Å². The Hall–Kier alpha value is -3.53. The van der Waals surface area contributed by atoms with E-state index < -0.39 is 17.7 Å². The van der Waals surface area contributed by atoms with Crippen molar-refractivity contribution >= 4 is 22.9 Å². The standard InChI is InChI=1S/C22H17F3N2O2/c1-14-8-15(10-18(9-14)22(23,24)25)6-7-27-13-17(11-16(12-26)21(28)29)19-4-2-3-5-20(19)27/h2-5,8-11,13H,6-7H2,1H3,(H,28,29)/b16-11+. The van der Waals surface area contributed by atoms with E-state index in [2.05, 4.69) is 0 Å². The number of aromatic nitrogens is 1. The van der Waals surface area contributed by atoms with Crippen LogP contribution < -0.4 is 0 Å². The van der Waals surface area contributed by atoms with Gasteiger partial charge in [-0.2, -0.15) is 18.4 Å². The highest BCUT2D eigenvalue weighted by Gasteiger charge is 2.30.